The molecule has 1 unspecified atom stereocenters. The summed E-state index contributed by atoms with van der Waals surface area (Å²) >= 11 is 0. The zero-order valence-corrected chi connectivity index (χ0v) is 16.3. The average molecular weight is 439 g/mol. The topological polar surface area (TPSA) is 106 Å². The van der Waals surface area contributed by atoms with Crippen LogP contribution in [-0.2, 0) is 15.9 Å². The quantitative estimate of drug-likeness (QED) is 0.602. The summed E-state index contributed by atoms with van der Waals surface area (Å²) in [6, 6.07) is 5.17. The number of hydrogen-bond donors (Lipinski definition) is 0. The second-order valence-electron chi connectivity index (χ2n) is 6.64. The predicted octanol–water partition coefficient (Wildman–Crippen LogP) is 2.06. The first kappa shape index (κ1) is 20.2. The number of alkyl halides is 3. The molecule has 158 valence electrons. The van der Waals surface area contributed by atoms with E-state index < -0.39 is 27.5 Å². The number of halogens is 3. The van der Waals surface area contributed by atoms with Gasteiger partial charge in [0.15, 0.2) is 17.2 Å². The second kappa shape index (κ2) is 7.63. The second-order valence-corrected chi connectivity index (χ2v) is 9.18. The molecular formula is C17H16F3N7O2S. The van der Waals surface area contributed by atoms with E-state index in [4.69, 9.17) is 0 Å². The minimum atomic E-state index is -4.56. The van der Waals surface area contributed by atoms with Crippen LogP contribution >= 0.6 is 0 Å². The van der Waals surface area contributed by atoms with Crippen molar-refractivity contribution in [3.63, 3.8) is 0 Å². The van der Waals surface area contributed by atoms with E-state index in [-0.39, 0.29) is 29.6 Å². The Morgan fingerprint density at radius 3 is 2.67 bits per heavy atom. The van der Waals surface area contributed by atoms with Crippen LogP contribution in [0.3, 0.4) is 0 Å². The summed E-state index contributed by atoms with van der Waals surface area (Å²) in [6.45, 7) is 0.644. The van der Waals surface area contributed by atoms with Gasteiger partial charge in [0.1, 0.15) is 5.69 Å². The minimum Gasteiger partial charge on any atom is -0.354 e. The van der Waals surface area contributed by atoms with Gasteiger partial charge in [-0.05, 0) is 24.6 Å². The van der Waals surface area contributed by atoms with Crippen molar-refractivity contribution in [2.45, 2.75) is 12.6 Å². The number of anilines is 1. The molecule has 4 rings (SSSR count). The Labute approximate surface area is 169 Å². The lowest BCUT2D eigenvalue weighted by atomic mass is 10.3. The number of aromatic nitrogens is 5. The molecule has 3 aromatic rings. The van der Waals surface area contributed by atoms with Crippen LogP contribution in [0.25, 0.3) is 5.65 Å². The van der Waals surface area contributed by atoms with Crippen LogP contribution in [0.1, 0.15) is 22.6 Å². The van der Waals surface area contributed by atoms with Gasteiger partial charge in [-0.2, -0.15) is 22.6 Å². The third kappa shape index (κ3) is 4.25. The Morgan fingerprint density at radius 1 is 1.10 bits per heavy atom. The highest BCUT2D eigenvalue weighted by atomic mass is 32.2. The lowest BCUT2D eigenvalue weighted by molar-refractivity contribution is -0.141. The summed E-state index contributed by atoms with van der Waals surface area (Å²) in [5, 5.41) is 10.9. The van der Waals surface area contributed by atoms with Gasteiger partial charge in [0.05, 0.1) is 15.9 Å². The van der Waals surface area contributed by atoms with Gasteiger partial charge in [-0.15, -0.1) is 10.2 Å². The number of rotatable bonds is 2. The molecule has 30 heavy (non-hydrogen) atoms. The van der Waals surface area contributed by atoms with Gasteiger partial charge in [0.25, 0.3) is 0 Å². The summed E-state index contributed by atoms with van der Waals surface area (Å²) in [7, 11) is -2.84. The first-order valence-electron chi connectivity index (χ1n) is 8.97. The lowest BCUT2D eigenvalue weighted by Crippen LogP contribution is -2.28. The number of amides is 1. The van der Waals surface area contributed by atoms with E-state index in [9.17, 15) is 22.2 Å². The number of hydrogen-bond acceptors (Lipinski definition) is 7. The largest absolute Gasteiger partial charge is 0.435 e. The Hall–Kier alpha value is -3.09. The fourth-order valence-electron chi connectivity index (χ4n) is 3.04. The Balaban J connectivity index is 1.50. The summed E-state index contributed by atoms with van der Waals surface area (Å²) < 4.78 is 56.5. The molecular weight excluding hydrogens is 423 g/mol. The van der Waals surface area contributed by atoms with Crippen LogP contribution in [-0.4, -0.2) is 59.5 Å². The summed E-state index contributed by atoms with van der Waals surface area (Å²) in [5.41, 5.74) is -0.535. The number of nitrogens with zero attached hydrogens (tertiary/aromatic N) is 7. The molecule has 0 aromatic carbocycles. The molecule has 1 saturated heterocycles. The van der Waals surface area contributed by atoms with Gasteiger partial charge < -0.3 is 4.90 Å². The van der Waals surface area contributed by atoms with Gasteiger partial charge in [0.2, 0.25) is 0 Å². The summed E-state index contributed by atoms with van der Waals surface area (Å²) in [5.74, 6) is -0.147. The maximum absolute atomic E-state index is 13.1. The van der Waals surface area contributed by atoms with Crippen LogP contribution < -0.4 is 4.90 Å². The first-order chi connectivity index (χ1) is 14.2. The Kier molecular flexibility index (Phi) is 5.13. The van der Waals surface area contributed by atoms with Gasteiger partial charge in [-0.1, -0.05) is 0 Å². The molecule has 1 atom stereocenters. The third-order valence-corrected chi connectivity index (χ3v) is 6.81. The van der Waals surface area contributed by atoms with E-state index in [1.54, 1.807) is 17.2 Å². The van der Waals surface area contributed by atoms with Crippen molar-refractivity contribution in [3.05, 3.63) is 48.0 Å². The molecule has 1 aliphatic heterocycles. The van der Waals surface area contributed by atoms with Crippen molar-refractivity contribution < 1.29 is 22.2 Å². The lowest BCUT2D eigenvalue weighted by Gasteiger charge is -2.20. The van der Waals surface area contributed by atoms with Crippen molar-refractivity contribution in [1.29, 1.82) is 0 Å². The molecule has 4 heterocycles. The SMILES string of the molecule is O=C(N=S1(=O)CCCN(c2ccc(C(F)(F)F)nn2)CC1)c1ccn2nccc2n1. The molecule has 13 heteroatoms. The van der Waals surface area contributed by atoms with Crippen molar-refractivity contribution in [1.82, 2.24) is 24.8 Å². The molecule has 1 fully saturated rings. The Bertz CT molecular complexity index is 1200. The van der Waals surface area contributed by atoms with Crippen molar-refractivity contribution in [3.8, 4) is 0 Å². The summed E-state index contributed by atoms with van der Waals surface area (Å²) in [4.78, 5) is 18.3. The van der Waals surface area contributed by atoms with Crippen LogP contribution in [0.5, 0.6) is 0 Å². The van der Waals surface area contributed by atoms with Gasteiger partial charge in [-0.3, -0.25) is 4.79 Å². The van der Waals surface area contributed by atoms with Crippen molar-refractivity contribution in [2.24, 2.45) is 4.36 Å². The van der Waals surface area contributed by atoms with E-state index in [1.807, 2.05) is 0 Å². The van der Waals surface area contributed by atoms with Gasteiger partial charge in [0, 0.05) is 36.9 Å². The van der Waals surface area contributed by atoms with Gasteiger partial charge >= 0.3 is 12.1 Å². The molecule has 0 aliphatic carbocycles. The predicted molar refractivity (Wildman–Crippen MR) is 101 cm³/mol. The minimum absolute atomic E-state index is 0.0698. The van der Waals surface area contributed by atoms with E-state index in [0.29, 0.717) is 18.6 Å². The maximum Gasteiger partial charge on any atom is 0.435 e. The average Bonchev–Trinajstić information content (AvgIpc) is 3.09. The Morgan fingerprint density at radius 2 is 1.93 bits per heavy atom. The highest BCUT2D eigenvalue weighted by Crippen LogP contribution is 2.27. The first-order valence-corrected chi connectivity index (χ1v) is 10.8. The van der Waals surface area contributed by atoms with E-state index in [1.165, 1.54) is 22.8 Å². The normalized spacial score (nSPS) is 20.2. The highest BCUT2D eigenvalue weighted by Gasteiger charge is 2.33. The van der Waals surface area contributed by atoms with Crippen molar-refractivity contribution in [2.75, 3.05) is 29.5 Å². The highest BCUT2D eigenvalue weighted by molar-refractivity contribution is 7.93. The monoisotopic (exact) mass is 439 g/mol. The van der Waals surface area contributed by atoms with E-state index >= 15 is 0 Å². The fourth-order valence-corrected chi connectivity index (χ4v) is 4.91. The van der Waals surface area contributed by atoms with Crippen LogP contribution in [0.2, 0.25) is 0 Å². The third-order valence-electron chi connectivity index (χ3n) is 4.56. The number of carbonyl (C=O) groups excluding carboxylic acids is 1. The standard InChI is InChI=1S/C17H16F3N7O2S/c18-17(19,20)13-2-3-15(24-23-13)26-7-1-10-30(29,11-9-26)25-16(28)12-5-8-27-14(22-12)4-6-21-27/h2-6,8H,1,7,9-11H2. The molecule has 1 aliphatic rings. The molecule has 0 N–H and O–H groups in total. The van der Waals surface area contributed by atoms with E-state index in [2.05, 4.69) is 24.6 Å². The molecule has 0 radical (unpaired) electrons. The number of fused-ring (bicyclic) bond motifs is 1. The molecule has 0 spiro atoms. The summed E-state index contributed by atoms with van der Waals surface area (Å²) in [6.07, 6.45) is -1.02. The fraction of sp³-hybridized carbons (Fsp3) is 0.353. The van der Waals surface area contributed by atoms with E-state index in [0.717, 1.165) is 6.07 Å². The molecule has 1 amide bonds. The molecule has 0 bridgehead atoms. The molecule has 9 nitrogen and oxygen atoms in total. The maximum atomic E-state index is 13.1. The molecule has 0 saturated carbocycles. The zero-order chi connectivity index (χ0) is 21.4. The number of carbonyl (C=O) groups is 1. The van der Waals surface area contributed by atoms with Crippen LogP contribution in [0.4, 0.5) is 19.0 Å². The van der Waals surface area contributed by atoms with Gasteiger partial charge in [-0.25, -0.2) is 13.7 Å². The van der Waals surface area contributed by atoms with Crippen molar-refractivity contribution >= 4 is 27.1 Å². The molecule has 3 aromatic heterocycles. The van der Waals surface area contributed by atoms with Crippen LogP contribution in [0, 0.1) is 0 Å². The smallest absolute Gasteiger partial charge is 0.354 e. The van der Waals surface area contributed by atoms with Crippen LogP contribution in [0.15, 0.2) is 41.0 Å². The zero-order valence-electron chi connectivity index (χ0n) is 15.5.